The van der Waals surface area contributed by atoms with E-state index >= 15 is 0 Å². The number of aromatic nitrogens is 3. The normalized spacial score (nSPS) is 30.0. The minimum Gasteiger partial charge on any atom is -0.492 e. The van der Waals surface area contributed by atoms with Gasteiger partial charge in [-0.3, -0.25) is 4.68 Å². The molecule has 2 fully saturated rings. The summed E-state index contributed by atoms with van der Waals surface area (Å²) in [6, 6.07) is 0.0249. The first-order chi connectivity index (χ1) is 18.0. The monoisotopic (exact) mass is 566 g/mol. The predicted molar refractivity (Wildman–Crippen MR) is 120 cm³/mol. The van der Waals surface area contributed by atoms with Gasteiger partial charge in [-0.1, -0.05) is 0 Å². The molecule has 3 heterocycles. The Hall–Kier alpha value is -2.91. The molecule has 1 aliphatic heterocycles. The fourth-order valence-electron chi connectivity index (χ4n) is 5.52. The number of benzene rings is 1. The van der Waals surface area contributed by atoms with Gasteiger partial charge in [0.2, 0.25) is 11.8 Å². The second kappa shape index (κ2) is 9.06. The highest BCUT2D eigenvalue weighted by Gasteiger charge is 2.46. The van der Waals surface area contributed by atoms with Crippen molar-refractivity contribution >= 4 is 10.9 Å². The average molecular weight is 566 g/mol. The molecular weight excluding hydrogens is 541 g/mol. The smallest absolute Gasteiger partial charge is 0.436 e. The number of ether oxygens (including phenoxy) is 1. The Morgan fingerprint density at radius 3 is 2.38 bits per heavy atom. The molecule has 3 unspecified atom stereocenters. The van der Waals surface area contributed by atoms with Crippen LogP contribution in [0, 0.1) is 5.95 Å². The number of alkyl halides is 6. The number of nitrogens with zero attached hydrogens (tertiary/aromatic N) is 3. The van der Waals surface area contributed by atoms with E-state index in [1.54, 1.807) is 6.92 Å². The second-order valence-electron chi connectivity index (χ2n) is 10.7. The molecule has 1 saturated carbocycles. The minimum absolute atomic E-state index is 0.0378. The summed E-state index contributed by atoms with van der Waals surface area (Å²) in [4.78, 5) is 3.38. The summed E-state index contributed by atoms with van der Waals surface area (Å²) in [7, 11) is 0. The molecule has 5 rings (SSSR count). The van der Waals surface area contributed by atoms with Crippen LogP contribution in [-0.2, 0) is 18.0 Å². The molecule has 2 aliphatic rings. The zero-order chi connectivity index (χ0) is 28.5. The van der Waals surface area contributed by atoms with E-state index in [1.807, 2.05) is 0 Å². The highest BCUT2D eigenvalue weighted by atomic mass is 19.4. The maximum absolute atomic E-state index is 14.7. The van der Waals surface area contributed by atoms with Gasteiger partial charge in [-0.05, 0) is 38.8 Å². The van der Waals surface area contributed by atoms with Crippen LogP contribution in [0.1, 0.15) is 62.7 Å². The van der Waals surface area contributed by atoms with E-state index in [0.29, 0.717) is 6.26 Å². The number of rotatable bonds is 5. The van der Waals surface area contributed by atoms with Crippen LogP contribution >= 0.6 is 0 Å². The summed E-state index contributed by atoms with van der Waals surface area (Å²) >= 11 is 0. The molecule has 15 heteroatoms. The van der Waals surface area contributed by atoms with Crippen molar-refractivity contribution in [2.45, 2.75) is 81.2 Å². The maximum Gasteiger partial charge on any atom is 0.436 e. The molecule has 0 radical (unpaired) electrons. The second-order valence-corrected chi connectivity index (χ2v) is 10.7. The first-order valence-corrected chi connectivity index (χ1v) is 12.1. The van der Waals surface area contributed by atoms with Crippen LogP contribution in [0.5, 0.6) is 5.75 Å². The van der Waals surface area contributed by atoms with Crippen LogP contribution in [0.25, 0.3) is 10.9 Å². The molecule has 8 nitrogen and oxygen atoms in total. The largest absolute Gasteiger partial charge is 0.492 e. The Bertz CT molecular complexity index is 1380. The third-order valence-electron chi connectivity index (χ3n) is 7.12. The summed E-state index contributed by atoms with van der Waals surface area (Å²) < 4.78 is 107. The number of halogens is 7. The lowest BCUT2D eigenvalue weighted by molar-refractivity contribution is -0.141. The SMILES string of the molecule is CC1CC(O)(c2nc(C(F)(F)F)co2)CC(COc2cc(C(F)(F)F)c3c(c2)c(F)nn3C2CC(C)(O)C2)N1. The van der Waals surface area contributed by atoms with Gasteiger partial charge in [-0.15, -0.1) is 5.10 Å². The van der Waals surface area contributed by atoms with Crippen molar-refractivity contribution in [3.63, 3.8) is 0 Å². The quantitative estimate of drug-likeness (QED) is 0.385. The topological polar surface area (TPSA) is 106 Å². The number of hydrogen-bond acceptors (Lipinski definition) is 7. The van der Waals surface area contributed by atoms with Crippen molar-refractivity contribution in [3.8, 4) is 5.75 Å². The Morgan fingerprint density at radius 2 is 1.79 bits per heavy atom. The van der Waals surface area contributed by atoms with Gasteiger partial charge in [0, 0.05) is 24.9 Å². The van der Waals surface area contributed by atoms with E-state index in [0.717, 1.165) is 16.8 Å². The van der Waals surface area contributed by atoms with Crippen LogP contribution in [0.4, 0.5) is 30.7 Å². The first-order valence-electron chi connectivity index (χ1n) is 12.1. The molecule has 0 spiro atoms. The number of oxazole rings is 1. The fraction of sp³-hybridized carbons (Fsp3) is 0.583. The van der Waals surface area contributed by atoms with Crippen LogP contribution in [0.3, 0.4) is 0 Å². The molecule has 3 aromatic rings. The van der Waals surface area contributed by atoms with Crippen molar-refractivity contribution in [2.75, 3.05) is 6.61 Å². The molecular formula is C24H25F7N4O4. The van der Waals surface area contributed by atoms with E-state index in [-0.39, 0.29) is 38.0 Å². The van der Waals surface area contributed by atoms with Gasteiger partial charge in [0.1, 0.15) is 24.2 Å². The Balaban J connectivity index is 1.39. The molecule has 1 saturated heterocycles. The number of nitrogens with one attached hydrogen (secondary N) is 1. The van der Waals surface area contributed by atoms with Gasteiger partial charge < -0.3 is 24.7 Å². The zero-order valence-corrected chi connectivity index (χ0v) is 20.7. The van der Waals surface area contributed by atoms with E-state index in [9.17, 15) is 40.9 Å². The molecule has 3 N–H and O–H groups in total. The van der Waals surface area contributed by atoms with Crippen LogP contribution < -0.4 is 10.1 Å². The number of fused-ring (bicyclic) bond motifs is 1. The summed E-state index contributed by atoms with van der Waals surface area (Å²) in [5.41, 5.74) is -5.90. The van der Waals surface area contributed by atoms with Gasteiger partial charge in [-0.25, -0.2) is 4.98 Å². The fourth-order valence-corrected chi connectivity index (χ4v) is 5.52. The molecule has 2 aromatic heterocycles. The highest BCUT2D eigenvalue weighted by Crippen LogP contribution is 2.46. The number of hydrogen-bond donors (Lipinski definition) is 3. The Kier molecular flexibility index (Phi) is 6.42. The summed E-state index contributed by atoms with van der Waals surface area (Å²) in [6.45, 7) is 2.88. The third-order valence-corrected chi connectivity index (χ3v) is 7.12. The Labute approximate surface area is 216 Å². The van der Waals surface area contributed by atoms with E-state index < -0.39 is 75.7 Å². The van der Waals surface area contributed by atoms with Gasteiger partial charge in [-0.2, -0.15) is 30.7 Å². The lowest BCUT2D eigenvalue weighted by atomic mass is 9.77. The molecule has 214 valence electrons. The zero-order valence-electron chi connectivity index (χ0n) is 20.7. The molecule has 1 aliphatic carbocycles. The number of piperidine rings is 1. The Morgan fingerprint density at radius 1 is 1.10 bits per heavy atom. The molecule has 1 aromatic carbocycles. The van der Waals surface area contributed by atoms with Crippen molar-refractivity contribution in [1.82, 2.24) is 20.1 Å². The van der Waals surface area contributed by atoms with Crippen molar-refractivity contribution in [3.05, 3.63) is 41.5 Å². The van der Waals surface area contributed by atoms with Gasteiger partial charge in [0.05, 0.1) is 28.1 Å². The van der Waals surface area contributed by atoms with Gasteiger partial charge in [0.15, 0.2) is 5.69 Å². The predicted octanol–water partition coefficient (Wildman–Crippen LogP) is 4.69. The van der Waals surface area contributed by atoms with Crippen molar-refractivity contribution in [2.24, 2.45) is 0 Å². The third kappa shape index (κ3) is 5.31. The lowest BCUT2D eigenvalue weighted by Crippen LogP contribution is -2.53. The maximum atomic E-state index is 14.7. The van der Waals surface area contributed by atoms with E-state index in [4.69, 9.17) is 9.15 Å². The standard InChI is InChI=1S/C24H25F7N4O4/c1-11-5-22(37,20-33-17(10-39-20)24(29,30)31)6-12(32-11)9-38-14-3-15-18(16(4-14)23(26,27)28)35(34-19(15)25)13-7-21(2,36)8-13/h3-4,10-13,32,36-37H,5-9H2,1-2H3. The average Bonchev–Trinajstić information content (AvgIpc) is 3.41. The number of aliphatic hydroxyl groups is 2. The van der Waals surface area contributed by atoms with Gasteiger partial charge >= 0.3 is 12.4 Å². The van der Waals surface area contributed by atoms with Gasteiger partial charge in [0.25, 0.3) is 0 Å². The van der Waals surface area contributed by atoms with Crippen LogP contribution in [0.15, 0.2) is 22.8 Å². The summed E-state index contributed by atoms with van der Waals surface area (Å²) in [5, 5.41) is 27.4. The van der Waals surface area contributed by atoms with E-state index in [1.165, 1.54) is 6.92 Å². The van der Waals surface area contributed by atoms with Crippen molar-refractivity contribution in [1.29, 1.82) is 0 Å². The minimum atomic E-state index is -4.88. The molecule has 3 atom stereocenters. The first kappa shape index (κ1) is 27.6. The molecule has 0 bridgehead atoms. The van der Waals surface area contributed by atoms with E-state index in [2.05, 4.69) is 15.4 Å². The lowest BCUT2D eigenvalue weighted by Gasteiger charge is -2.41. The summed E-state index contributed by atoms with van der Waals surface area (Å²) in [6.07, 6.45) is -9.27. The highest BCUT2D eigenvalue weighted by molar-refractivity contribution is 5.85. The van der Waals surface area contributed by atoms with Crippen LogP contribution in [0.2, 0.25) is 0 Å². The molecule has 0 amide bonds. The van der Waals surface area contributed by atoms with Crippen molar-refractivity contribution < 1.29 is 50.1 Å². The van der Waals surface area contributed by atoms with Crippen LogP contribution in [-0.4, -0.2) is 49.3 Å². The summed E-state index contributed by atoms with van der Waals surface area (Å²) in [5.74, 6) is -1.97. The molecule has 39 heavy (non-hydrogen) atoms.